The van der Waals surface area contributed by atoms with Gasteiger partial charge in [-0.2, -0.15) is 0 Å². The lowest BCUT2D eigenvalue weighted by Crippen LogP contribution is -2.24. The predicted molar refractivity (Wildman–Crippen MR) is 193 cm³/mol. The summed E-state index contributed by atoms with van der Waals surface area (Å²) in [6.07, 6.45) is 49.7. The molecule has 0 fully saturated rings. The fourth-order valence-corrected chi connectivity index (χ4v) is 5.00. The standard InChI is InChI=1S/C40H75NO2/c1-3-5-7-9-11-13-15-17-19-21-23-25-27-29-31-33-37-42-39-35-41-36-40-43-38-34-32-30-28-26-24-22-20-18-16-14-12-10-8-6-4-2/h11-14,17-20,41H,3-10,15-16,21-40H2,1-2H3. The van der Waals surface area contributed by atoms with E-state index in [0.717, 1.165) is 52.4 Å². The molecule has 0 amide bonds. The maximum Gasteiger partial charge on any atom is 0.0590 e. The third-order valence-corrected chi connectivity index (χ3v) is 7.82. The number of unbranched alkanes of at least 4 members (excludes halogenated alkanes) is 18. The summed E-state index contributed by atoms with van der Waals surface area (Å²) in [7, 11) is 0. The molecule has 0 aromatic heterocycles. The Hall–Kier alpha value is -1.16. The van der Waals surface area contributed by atoms with Gasteiger partial charge in [-0.3, -0.25) is 0 Å². The number of rotatable bonds is 36. The average molecular weight is 602 g/mol. The van der Waals surface area contributed by atoms with Crippen molar-refractivity contribution in [3.05, 3.63) is 48.6 Å². The third-order valence-electron chi connectivity index (χ3n) is 7.82. The third kappa shape index (κ3) is 40.8. The summed E-state index contributed by atoms with van der Waals surface area (Å²) in [6.45, 7) is 9.81. The van der Waals surface area contributed by atoms with E-state index in [2.05, 4.69) is 67.8 Å². The van der Waals surface area contributed by atoms with Crippen molar-refractivity contribution in [1.82, 2.24) is 5.32 Å². The molecule has 0 bridgehead atoms. The first kappa shape index (κ1) is 41.8. The van der Waals surface area contributed by atoms with Gasteiger partial charge in [0.1, 0.15) is 0 Å². The van der Waals surface area contributed by atoms with Crippen LogP contribution < -0.4 is 5.32 Å². The second-order valence-electron chi connectivity index (χ2n) is 12.1. The molecule has 0 rings (SSSR count). The fraction of sp³-hybridized carbons (Fsp3) is 0.800. The van der Waals surface area contributed by atoms with Gasteiger partial charge in [0, 0.05) is 26.3 Å². The molecule has 0 radical (unpaired) electrons. The molecule has 0 aliphatic carbocycles. The highest BCUT2D eigenvalue weighted by molar-refractivity contribution is 4.93. The molecule has 0 aliphatic heterocycles. The summed E-state index contributed by atoms with van der Waals surface area (Å²) < 4.78 is 11.5. The zero-order chi connectivity index (χ0) is 31.0. The maximum atomic E-state index is 5.77. The lowest BCUT2D eigenvalue weighted by molar-refractivity contribution is 0.117. The first-order valence-corrected chi connectivity index (χ1v) is 18.9. The van der Waals surface area contributed by atoms with Gasteiger partial charge in [0.15, 0.2) is 0 Å². The van der Waals surface area contributed by atoms with Gasteiger partial charge < -0.3 is 14.8 Å². The van der Waals surface area contributed by atoms with Crippen molar-refractivity contribution >= 4 is 0 Å². The highest BCUT2D eigenvalue weighted by atomic mass is 16.5. The van der Waals surface area contributed by atoms with Gasteiger partial charge in [0.2, 0.25) is 0 Å². The van der Waals surface area contributed by atoms with Gasteiger partial charge in [0.05, 0.1) is 13.2 Å². The minimum atomic E-state index is 0.812. The molecule has 0 unspecified atom stereocenters. The molecule has 0 heterocycles. The summed E-state index contributed by atoms with van der Waals surface area (Å²) in [5.74, 6) is 0. The molecule has 0 saturated carbocycles. The smallest absolute Gasteiger partial charge is 0.0590 e. The predicted octanol–water partition coefficient (Wildman–Crippen LogP) is 12.2. The van der Waals surface area contributed by atoms with E-state index in [4.69, 9.17) is 9.47 Å². The molecular weight excluding hydrogens is 526 g/mol. The molecule has 252 valence electrons. The minimum absolute atomic E-state index is 0.812. The van der Waals surface area contributed by atoms with Gasteiger partial charge in [-0.25, -0.2) is 0 Å². The summed E-state index contributed by atoms with van der Waals surface area (Å²) in [5.41, 5.74) is 0. The van der Waals surface area contributed by atoms with Crippen molar-refractivity contribution in [2.24, 2.45) is 0 Å². The molecule has 0 aliphatic rings. The molecule has 1 N–H and O–H groups in total. The summed E-state index contributed by atoms with van der Waals surface area (Å²) >= 11 is 0. The topological polar surface area (TPSA) is 30.5 Å². The van der Waals surface area contributed by atoms with Crippen molar-refractivity contribution in [3.63, 3.8) is 0 Å². The number of nitrogens with one attached hydrogen (secondary N) is 1. The van der Waals surface area contributed by atoms with E-state index in [0.29, 0.717) is 0 Å². The van der Waals surface area contributed by atoms with Gasteiger partial charge in [-0.1, -0.05) is 140 Å². The van der Waals surface area contributed by atoms with Crippen LogP contribution in [0.5, 0.6) is 0 Å². The number of hydrogen-bond acceptors (Lipinski definition) is 3. The molecule has 3 nitrogen and oxygen atoms in total. The van der Waals surface area contributed by atoms with Crippen LogP contribution in [-0.4, -0.2) is 39.5 Å². The molecular formula is C40H75NO2. The van der Waals surface area contributed by atoms with Gasteiger partial charge in [-0.15, -0.1) is 0 Å². The summed E-state index contributed by atoms with van der Waals surface area (Å²) in [6, 6.07) is 0. The van der Waals surface area contributed by atoms with Crippen molar-refractivity contribution in [2.45, 2.75) is 168 Å². The van der Waals surface area contributed by atoms with Crippen molar-refractivity contribution in [1.29, 1.82) is 0 Å². The Bertz CT molecular complexity index is 558. The quantitative estimate of drug-likeness (QED) is 0.0572. The van der Waals surface area contributed by atoms with Gasteiger partial charge in [-0.05, 0) is 77.0 Å². The highest BCUT2D eigenvalue weighted by Gasteiger charge is 1.95. The Morgan fingerprint density at radius 3 is 1.05 bits per heavy atom. The Labute approximate surface area is 270 Å². The molecule has 43 heavy (non-hydrogen) atoms. The van der Waals surface area contributed by atoms with Crippen LogP contribution in [0.2, 0.25) is 0 Å². The minimum Gasteiger partial charge on any atom is -0.380 e. The fourth-order valence-electron chi connectivity index (χ4n) is 5.00. The van der Waals surface area contributed by atoms with E-state index in [9.17, 15) is 0 Å². The van der Waals surface area contributed by atoms with Crippen LogP contribution in [0, 0.1) is 0 Å². The molecule has 0 atom stereocenters. The number of hydrogen-bond donors (Lipinski definition) is 1. The second kappa shape index (κ2) is 40.8. The van der Waals surface area contributed by atoms with Crippen LogP contribution >= 0.6 is 0 Å². The summed E-state index contributed by atoms with van der Waals surface area (Å²) in [5, 5.41) is 3.43. The first-order valence-electron chi connectivity index (χ1n) is 18.9. The van der Waals surface area contributed by atoms with Crippen LogP contribution in [0.3, 0.4) is 0 Å². The summed E-state index contributed by atoms with van der Waals surface area (Å²) in [4.78, 5) is 0. The molecule has 0 spiro atoms. The Morgan fingerprint density at radius 2 is 0.674 bits per heavy atom. The zero-order valence-corrected chi connectivity index (χ0v) is 29.1. The Balaban J connectivity index is 3.14. The largest absolute Gasteiger partial charge is 0.380 e. The van der Waals surface area contributed by atoms with E-state index in [1.807, 2.05) is 0 Å². The van der Waals surface area contributed by atoms with Crippen LogP contribution in [0.15, 0.2) is 48.6 Å². The molecule has 0 saturated heterocycles. The number of allylic oxidation sites excluding steroid dienone is 8. The van der Waals surface area contributed by atoms with Crippen LogP contribution in [0.1, 0.15) is 168 Å². The highest BCUT2D eigenvalue weighted by Crippen LogP contribution is 2.09. The average Bonchev–Trinajstić information content (AvgIpc) is 3.02. The normalized spacial score (nSPS) is 12.3. The Morgan fingerprint density at radius 1 is 0.349 bits per heavy atom. The lowest BCUT2D eigenvalue weighted by atomic mass is 10.1. The number of ether oxygens (including phenoxy) is 2. The van der Waals surface area contributed by atoms with Gasteiger partial charge >= 0.3 is 0 Å². The van der Waals surface area contributed by atoms with E-state index < -0.39 is 0 Å². The van der Waals surface area contributed by atoms with Crippen LogP contribution in [0.25, 0.3) is 0 Å². The second-order valence-corrected chi connectivity index (χ2v) is 12.1. The first-order chi connectivity index (χ1) is 21.4. The van der Waals surface area contributed by atoms with E-state index in [-0.39, 0.29) is 0 Å². The van der Waals surface area contributed by atoms with Crippen LogP contribution in [0.4, 0.5) is 0 Å². The van der Waals surface area contributed by atoms with Crippen LogP contribution in [-0.2, 0) is 9.47 Å². The van der Waals surface area contributed by atoms with Crippen molar-refractivity contribution in [2.75, 3.05) is 39.5 Å². The SMILES string of the molecule is CCCCCC=CCC=CCCCCCCCCOCCNCCOCCCCCCCCC=CCC=CCCCCC. The molecule has 3 heteroatoms. The molecule has 0 aromatic rings. The van der Waals surface area contributed by atoms with E-state index in [1.165, 1.54) is 141 Å². The molecule has 0 aromatic carbocycles. The lowest BCUT2D eigenvalue weighted by Gasteiger charge is -2.07. The van der Waals surface area contributed by atoms with Gasteiger partial charge in [0.25, 0.3) is 0 Å². The zero-order valence-electron chi connectivity index (χ0n) is 29.1. The monoisotopic (exact) mass is 602 g/mol. The van der Waals surface area contributed by atoms with Crippen molar-refractivity contribution in [3.8, 4) is 0 Å². The Kier molecular flexibility index (Phi) is 39.7. The van der Waals surface area contributed by atoms with E-state index >= 15 is 0 Å². The maximum absolute atomic E-state index is 5.77. The van der Waals surface area contributed by atoms with E-state index in [1.54, 1.807) is 0 Å². The van der Waals surface area contributed by atoms with Crippen molar-refractivity contribution < 1.29 is 9.47 Å².